The summed E-state index contributed by atoms with van der Waals surface area (Å²) >= 11 is 1.27. The molecule has 0 saturated carbocycles. The molecule has 0 bridgehead atoms. The Labute approximate surface area is 116 Å². The number of ether oxygens (including phenoxy) is 1. The van der Waals surface area contributed by atoms with Gasteiger partial charge >= 0.3 is 5.97 Å². The van der Waals surface area contributed by atoms with Crippen LogP contribution in [-0.4, -0.2) is 38.9 Å². The molecule has 106 valence electrons. The van der Waals surface area contributed by atoms with Crippen molar-refractivity contribution < 1.29 is 14.3 Å². The Morgan fingerprint density at radius 2 is 2.00 bits per heavy atom. The average Bonchev–Trinajstić information content (AvgIpc) is 2.67. The summed E-state index contributed by atoms with van der Waals surface area (Å²) in [5.41, 5.74) is -1.13. The van der Waals surface area contributed by atoms with E-state index >= 15 is 0 Å². The fourth-order valence-corrected chi connectivity index (χ4v) is 2.29. The number of carbonyl (C=O) groups is 2. The van der Waals surface area contributed by atoms with Crippen LogP contribution in [-0.2, 0) is 21.4 Å². The zero-order valence-corrected chi connectivity index (χ0v) is 12.7. The largest absolute Gasteiger partial charge is 0.465 e. The maximum atomic E-state index is 12.1. The number of esters is 1. The molecule has 0 fully saturated rings. The second-order valence-corrected chi connectivity index (χ2v) is 5.59. The SMILES string of the molecule is CCOC(=O)C(C)(C)C(=O)CSc1nnc(C)n1C. The number of hydrogen-bond acceptors (Lipinski definition) is 6. The lowest BCUT2D eigenvalue weighted by Crippen LogP contribution is -2.36. The fourth-order valence-electron chi connectivity index (χ4n) is 1.25. The number of hydrogen-bond donors (Lipinski definition) is 0. The first kappa shape index (κ1) is 15.7. The van der Waals surface area contributed by atoms with Crippen molar-refractivity contribution in [3.63, 3.8) is 0 Å². The highest BCUT2D eigenvalue weighted by molar-refractivity contribution is 7.99. The van der Waals surface area contributed by atoms with Crippen molar-refractivity contribution in [2.24, 2.45) is 12.5 Å². The minimum absolute atomic E-state index is 0.164. The van der Waals surface area contributed by atoms with Gasteiger partial charge in [0.1, 0.15) is 11.2 Å². The van der Waals surface area contributed by atoms with E-state index < -0.39 is 11.4 Å². The molecular formula is C12H19N3O3S. The lowest BCUT2D eigenvalue weighted by atomic mass is 9.89. The number of thioether (sulfide) groups is 1. The molecule has 0 N–H and O–H groups in total. The number of ketones is 1. The van der Waals surface area contributed by atoms with Gasteiger partial charge in [0.25, 0.3) is 0 Å². The molecule has 1 heterocycles. The molecule has 0 unspecified atom stereocenters. The molecule has 0 atom stereocenters. The van der Waals surface area contributed by atoms with E-state index in [9.17, 15) is 9.59 Å². The minimum atomic E-state index is -1.13. The molecule has 0 amide bonds. The third-order valence-electron chi connectivity index (χ3n) is 2.87. The van der Waals surface area contributed by atoms with Gasteiger partial charge in [-0.15, -0.1) is 10.2 Å². The van der Waals surface area contributed by atoms with Crippen LogP contribution in [0.2, 0.25) is 0 Å². The predicted molar refractivity (Wildman–Crippen MR) is 71.9 cm³/mol. The summed E-state index contributed by atoms with van der Waals surface area (Å²) in [6.07, 6.45) is 0. The summed E-state index contributed by atoms with van der Waals surface area (Å²) in [6, 6.07) is 0. The van der Waals surface area contributed by atoms with E-state index in [1.165, 1.54) is 11.8 Å². The molecule has 1 aromatic rings. The number of nitrogens with zero attached hydrogens (tertiary/aromatic N) is 3. The van der Waals surface area contributed by atoms with Gasteiger partial charge in [-0.2, -0.15) is 0 Å². The van der Waals surface area contributed by atoms with Gasteiger partial charge in [-0.1, -0.05) is 11.8 Å². The van der Waals surface area contributed by atoms with E-state index in [4.69, 9.17) is 4.74 Å². The molecule has 1 aromatic heterocycles. The molecule has 0 aliphatic heterocycles. The molecule has 0 aromatic carbocycles. The van der Waals surface area contributed by atoms with Crippen LogP contribution in [0.1, 0.15) is 26.6 Å². The summed E-state index contributed by atoms with van der Waals surface area (Å²) in [6.45, 7) is 6.98. The Kier molecular flexibility index (Phi) is 5.11. The van der Waals surface area contributed by atoms with Crippen LogP contribution in [0.4, 0.5) is 0 Å². The zero-order valence-electron chi connectivity index (χ0n) is 11.9. The lowest BCUT2D eigenvalue weighted by Gasteiger charge is -2.20. The highest BCUT2D eigenvalue weighted by Crippen LogP contribution is 2.24. The Balaban J connectivity index is 2.65. The van der Waals surface area contributed by atoms with Gasteiger partial charge in [0, 0.05) is 7.05 Å². The molecule has 7 heteroatoms. The van der Waals surface area contributed by atoms with Crippen LogP contribution < -0.4 is 0 Å². The van der Waals surface area contributed by atoms with Gasteiger partial charge in [-0.3, -0.25) is 9.59 Å². The summed E-state index contributed by atoms with van der Waals surface area (Å²) in [5, 5.41) is 8.53. The summed E-state index contributed by atoms with van der Waals surface area (Å²) in [5.74, 6) is 0.267. The fraction of sp³-hybridized carbons (Fsp3) is 0.667. The van der Waals surface area contributed by atoms with Crippen LogP contribution >= 0.6 is 11.8 Å². The van der Waals surface area contributed by atoms with E-state index in [-0.39, 0.29) is 18.1 Å². The smallest absolute Gasteiger partial charge is 0.319 e. The summed E-state index contributed by atoms with van der Waals surface area (Å²) < 4.78 is 6.71. The van der Waals surface area contributed by atoms with E-state index in [0.29, 0.717) is 5.16 Å². The first-order valence-electron chi connectivity index (χ1n) is 6.00. The van der Waals surface area contributed by atoms with Crippen LogP contribution in [0, 0.1) is 12.3 Å². The topological polar surface area (TPSA) is 74.1 Å². The van der Waals surface area contributed by atoms with Crippen molar-refractivity contribution >= 4 is 23.5 Å². The highest BCUT2D eigenvalue weighted by atomic mass is 32.2. The highest BCUT2D eigenvalue weighted by Gasteiger charge is 2.37. The maximum absolute atomic E-state index is 12.1. The molecule has 0 saturated heterocycles. The van der Waals surface area contributed by atoms with E-state index in [2.05, 4.69) is 10.2 Å². The number of aryl methyl sites for hydroxylation is 1. The van der Waals surface area contributed by atoms with Crippen molar-refractivity contribution in [1.82, 2.24) is 14.8 Å². The molecule has 0 aliphatic carbocycles. The second-order valence-electron chi connectivity index (χ2n) is 4.65. The van der Waals surface area contributed by atoms with E-state index in [1.807, 2.05) is 14.0 Å². The first-order valence-corrected chi connectivity index (χ1v) is 6.98. The number of aromatic nitrogens is 3. The lowest BCUT2D eigenvalue weighted by molar-refractivity contribution is -0.157. The van der Waals surface area contributed by atoms with Crippen LogP contribution in [0.5, 0.6) is 0 Å². The number of Topliss-reactive ketones (excluding diaryl/α,β-unsaturated/α-hetero) is 1. The van der Waals surface area contributed by atoms with Crippen LogP contribution in [0.3, 0.4) is 0 Å². The van der Waals surface area contributed by atoms with Gasteiger partial charge in [0.15, 0.2) is 10.9 Å². The van der Waals surface area contributed by atoms with Gasteiger partial charge in [0.05, 0.1) is 12.4 Å². The average molecular weight is 285 g/mol. The molecule has 0 aliphatic rings. The van der Waals surface area contributed by atoms with Gasteiger partial charge in [0.2, 0.25) is 0 Å². The van der Waals surface area contributed by atoms with Gasteiger partial charge in [-0.05, 0) is 27.7 Å². The molecule has 0 radical (unpaired) electrons. The van der Waals surface area contributed by atoms with E-state index in [0.717, 1.165) is 5.82 Å². The molecule has 1 rings (SSSR count). The maximum Gasteiger partial charge on any atom is 0.319 e. The Morgan fingerprint density at radius 1 is 1.37 bits per heavy atom. The van der Waals surface area contributed by atoms with Crippen molar-refractivity contribution in [2.45, 2.75) is 32.9 Å². The normalized spacial score (nSPS) is 11.4. The Hall–Kier alpha value is -1.37. The van der Waals surface area contributed by atoms with Gasteiger partial charge < -0.3 is 9.30 Å². The van der Waals surface area contributed by atoms with Crippen molar-refractivity contribution in [3.8, 4) is 0 Å². The van der Waals surface area contributed by atoms with Crippen LogP contribution in [0.25, 0.3) is 0 Å². The van der Waals surface area contributed by atoms with Gasteiger partial charge in [-0.25, -0.2) is 0 Å². The Bertz CT molecular complexity index is 483. The minimum Gasteiger partial charge on any atom is -0.465 e. The van der Waals surface area contributed by atoms with Crippen LogP contribution in [0.15, 0.2) is 5.16 Å². The second kappa shape index (κ2) is 6.18. The Morgan fingerprint density at radius 3 is 2.47 bits per heavy atom. The summed E-state index contributed by atoms with van der Waals surface area (Å²) in [7, 11) is 1.83. The zero-order chi connectivity index (χ0) is 14.6. The van der Waals surface area contributed by atoms with E-state index in [1.54, 1.807) is 25.3 Å². The molecular weight excluding hydrogens is 266 g/mol. The molecule has 6 nitrogen and oxygen atoms in total. The van der Waals surface area contributed by atoms with Crippen molar-refractivity contribution in [2.75, 3.05) is 12.4 Å². The standard InChI is InChI=1S/C12H19N3O3S/c1-6-18-10(17)12(3,4)9(16)7-19-11-14-13-8(2)15(11)5/h6-7H2,1-5H3. The van der Waals surface area contributed by atoms with Crippen molar-refractivity contribution in [3.05, 3.63) is 5.82 Å². The first-order chi connectivity index (χ1) is 8.80. The third kappa shape index (κ3) is 3.56. The monoisotopic (exact) mass is 285 g/mol. The quantitative estimate of drug-likeness (QED) is 0.446. The third-order valence-corrected chi connectivity index (χ3v) is 3.89. The van der Waals surface area contributed by atoms with Crippen molar-refractivity contribution in [1.29, 1.82) is 0 Å². The predicted octanol–water partition coefficient (Wildman–Crippen LogP) is 1.37. The number of rotatable bonds is 6. The number of carbonyl (C=O) groups excluding carboxylic acids is 2. The summed E-state index contributed by atoms with van der Waals surface area (Å²) in [4.78, 5) is 23.8. The molecule has 0 spiro atoms. The molecule has 19 heavy (non-hydrogen) atoms.